The first-order valence-corrected chi connectivity index (χ1v) is 8.70. The number of aliphatic hydroxyl groups is 4. The van der Waals surface area contributed by atoms with Crippen LogP contribution in [0.1, 0.15) is 0 Å². The quantitative estimate of drug-likeness (QED) is 0.399. The lowest BCUT2D eigenvalue weighted by Gasteiger charge is -2.39. The maximum atomic E-state index is 10.8. The van der Waals surface area contributed by atoms with Crippen LogP contribution >= 0.6 is 11.8 Å². The summed E-state index contributed by atoms with van der Waals surface area (Å²) >= 11 is 0.810. The van der Waals surface area contributed by atoms with E-state index in [1.54, 1.807) is 6.07 Å². The Morgan fingerprint density at radius 3 is 2.39 bits per heavy atom. The number of aliphatic hydroxyl groups excluding tert-OH is 4. The van der Waals surface area contributed by atoms with Crippen LogP contribution in [0.25, 0.3) is 0 Å². The van der Waals surface area contributed by atoms with Crippen LogP contribution in [0, 0.1) is 0 Å². The Balaban J connectivity index is 2.21. The van der Waals surface area contributed by atoms with Gasteiger partial charge in [0.25, 0.3) is 0 Å². The van der Waals surface area contributed by atoms with Gasteiger partial charge in [0.2, 0.25) is 0 Å². The molecule has 0 spiro atoms. The predicted octanol–water partition coefficient (Wildman–Crippen LogP) is -1.24. The van der Waals surface area contributed by atoms with Gasteiger partial charge in [-0.1, -0.05) is 23.9 Å². The summed E-state index contributed by atoms with van der Waals surface area (Å²) in [6.45, 7) is -0.578. The van der Waals surface area contributed by atoms with Gasteiger partial charge in [0.15, 0.2) is 5.75 Å². The fraction of sp³-hybridized carbons (Fsp3) is 0.500. The van der Waals surface area contributed by atoms with Crippen molar-refractivity contribution >= 4 is 22.2 Å². The Morgan fingerprint density at radius 1 is 1.13 bits per heavy atom. The van der Waals surface area contributed by atoms with Crippen molar-refractivity contribution in [2.45, 2.75) is 34.7 Å². The monoisotopic (exact) mass is 368 g/mol. The summed E-state index contributed by atoms with van der Waals surface area (Å²) in [7, 11) is -4.74. The first-order chi connectivity index (χ1) is 10.7. The van der Waals surface area contributed by atoms with Crippen LogP contribution in [-0.4, -0.2) is 69.9 Å². The smallest absolute Gasteiger partial charge is 0.394 e. The molecule has 5 N–H and O–H groups in total. The summed E-state index contributed by atoms with van der Waals surface area (Å²) < 4.78 is 40.2. The van der Waals surface area contributed by atoms with Crippen molar-refractivity contribution in [1.29, 1.82) is 0 Å². The fourth-order valence-electron chi connectivity index (χ4n) is 2.02. The van der Waals surface area contributed by atoms with Crippen molar-refractivity contribution in [2.75, 3.05) is 6.61 Å². The van der Waals surface area contributed by atoms with Gasteiger partial charge in [0.1, 0.15) is 29.9 Å². The first kappa shape index (κ1) is 18.4. The Bertz CT molecular complexity index is 633. The van der Waals surface area contributed by atoms with Gasteiger partial charge in [0, 0.05) is 0 Å². The molecule has 130 valence electrons. The topological polar surface area (TPSA) is 154 Å². The second-order valence-corrected chi connectivity index (χ2v) is 6.94. The third-order valence-electron chi connectivity index (χ3n) is 3.14. The van der Waals surface area contributed by atoms with Gasteiger partial charge in [-0.05, 0) is 12.1 Å². The van der Waals surface area contributed by atoms with Gasteiger partial charge >= 0.3 is 10.4 Å². The standard InChI is InChI=1S/C12H16O9S2/c13-5-7-9(14)10(15)11(16)12(20-7)22-8-4-2-1-3-6(8)21-23(17,18)19/h1-4,7,9-16H,5H2,(H,17,18,19)/t7-,9-,10+,11-,12+/m1/s1. The molecular weight excluding hydrogens is 352 g/mol. The summed E-state index contributed by atoms with van der Waals surface area (Å²) in [5.74, 6) is -0.197. The van der Waals surface area contributed by atoms with Crippen LogP contribution in [0.5, 0.6) is 5.75 Å². The third kappa shape index (κ3) is 4.55. The summed E-state index contributed by atoms with van der Waals surface area (Å²) in [5.41, 5.74) is -1.10. The maximum absolute atomic E-state index is 10.8. The number of thioether (sulfide) groups is 1. The summed E-state index contributed by atoms with van der Waals surface area (Å²) in [5, 5.41) is 38.5. The molecule has 0 saturated carbocycles. The van der Waals surface area contributed by atoms with Crippen LogP contribution in [0.3, 0.4) is 0 Å². The maximum Gasteiger partial charge on any atom is 0.446 e. The summed E-state index contributed by atoms with van der Waals surface area (Å²) in [4.78, 5) is 0.203. The highest BCUT2D eigenvalue weighted by molar-refractivity contribution is 8.00. The van der Waals surface area contributed by atoms with E-state index in [1.165, 1.54) is 18.2 Å². The molecule has 1 heterocycles. The average Bonchev–Trinajstić information content (AvgIpc) is 2.48. The average molecular weight is 368 g/mol. The van der Waals surface area contributed by atoms with Crippen LogP contribution in [0.4, 0.5) is 0 Å². The van der Waals surface area contributed by atoms with Gasteiger partial charge in [-0.25, -0.2) is 0 Å². The lowest BCUT2D eigenvalue weighted by molar-refractivity contribution is -0.205. The molecule has 1 aliphatic heterocycles. The van der Waals surface area contributed by atoms with E-state index in [9.17, 15) is 23.7 Å². The predicted molar refractivity (Wildman–Crippen MR) is 78.2 cm³/mol. The third-order valence-corrected chi connectivity index (χ3v) is 4.74. The molecule has 1 saturated heterocycles. The molecule has 0 unspecified atom stereocenters. The number of benzene rings is 1. The van der Waals surface area contributed by atoms with E-state index < -0.39 is 46.9 Å². The number of para-hydroxylation sites is 1. The molecule has 11 heteroatoms. The molecule has 0 radical (unpaired) electrons. The molecule has 1 aromatic carbocycles. The van der Waals surface area contributed by atoms with Crippen molar-refractivity contribution in [1.82, 2.24) is 0 Å². The van der Waals surface area contributed by atoms with E-state index in [-0.39, 0.29) is 10.6 Å². The molecule has 0 aliphatic carbocycles. The van der Waals surface area contributed by atoms with E-state index in [0.717, 1.165) is 11.8 Å². The van der Waals surface area contributed by atoms with Gasteiger partial charge in [-0.2, -0.15) is 8.42 Å². The normalized spacial score (nSPS) is 31.8. The van der Waals surface area contributed by atoms with Crippen LogP contribution < -0.4 is 4.18 Å². The highest BCUT2D eigenvalue weighted by atomic mass is 32.3. The molecule has 1 fully saturated rings. The molecular formula is C12H16O9S2. The van der Waals surface area contributed by atoms with Crippen LogP contribution in [0.15, 0.2) is 29.2 Å². The van der Waals surface area contributed by atoms with Crippen molar-refractivity contribution < 1.29 is 42.3 Å². The molecule has 2 rings (SSSR count). The Labute approximate surface area is 136 Å². The van der Waals surface area contributed by atoms with E-state index in [4.69, 9.17) is 14.4 Å². The second-order valence-electron chi connectivity index (χ2n) is 4.77. The van der Waals surface area contributed by atoms with E-state index >= 15 is 0 Å². The highest BCUT2D eigenvalue weighted by Crippen LogP contribution is 2.38. The Morgan fingerprint density at radius 2 is 1.78 bits per heavy atom. The molecule has 1 aromatic rings. The zero-order valence-corrected chi connectivity index (χ0v) is 13.2. The fourth-order valence-corrected chi connectivity index (χ4v) is 3.58. The summed E-state index contributed by atoms with van der Waals surface area (Å²) in [6, 6.07) is 5.76. The van der Waals surface area contributed by atoms with Gasteiger partial charge in [-0.3, -0.25) is 4.55 Å². The first-order valence-electron chi connectivity index (χ1n) is 6.46. The van der Waals surface area contributed by atoms with Crippen LogP contribution in [0.2, 0.25) is 0 Å². The Hall–Kier alpha value is -0.920. The lowest BCUT2D eigenvalue weighted by atomic mass is 10.0. The van der Waals surface area contributed by atoms with Crippen molar-refractivity contribution in [3.8, 4) is 5.75 Å². The van der Waals surface area contributed by atoms with Gasteiger partial charge in [-0.15, -0.1) is 0 Å². The lowest BCUT2D eigenvalue weighted by Crippen LogP contribution is -2.57. The SMILES string of the molecule is O=S(=O)(O)Oc1ccccc1S[C@@H]1O[C@H](CO)[C@@H](O)[C@H](O)[C@H]1O. The van der Waals surface area contributed by atoms with Crippen LogP contribution in [-0.2, 0) is 15.1 Å². The van der Waals surface area contributed by atoms with E-state index in [2.05, 4.69) is 4.18 Å². The zero-order valence-electron chi connectivity index (χ0n) is 11.6. The molecule has 9 nitrogen and oxygen atoms in total. The second kappa shape index (κ2) is 7.32. The van der Waals surface area contributed by atoms with Gasteiger partial charge < -0.3 is 29.3 Å². The largest absolute Gasteiger partial charge is 0.446 e. The molecule has 0 bridgehead atoms. The molecule has 1 aliphatic rings. The minimum atomic E-state index is -4.74. The van der Waals surface area contributed by atoms with Crippen molar-refractivity contribution in [2.24, 2.45) is 0 Å². The minimum Gasteiger partial charge on any atom is -0.394 e. The van der Waals surface area contributed by atoms with E-state index in [1.807, 2.05) is 0 Å². The van der Waals surface area contributed by atoms with E-state index in [0.29, 0.717) is 0 Å². The molecule has 0 amide bonds. The number of hydrogen-bond acceptors (Lipinski definition) is 9. The molecule has 5 atom stereocenters. The minimum absolute atomic E-state index is 0.197. The molecule has 23 heavy (non-hydrogen) atoms. The molecule has 0 aromatic heterocycles. The number of ether oxygens (including phenoxy) is 1. The summed E-state index contributed by atoms with van der Waals surface area (Å²) in [6.07, 6.45) is -5.61. The zero-order chi connectivity index (χ0) is 17.2. The number of rotatable bonds is 5. The highest BCUT2D eigenvalue weighted by Gasteiger charge is 2.44. The van der Waals surface area contributed by atoms with Crippen molar-refractivity contribution in [3.05, 3.63) is 24.3 Å². The Kier molecular flexibility index (Phi) is 5.86. The van der Waals surface area contributed by atoms with Crippen molar-refractivity contribution in [3.63, 3.8) is 0 Å². The number of hydrogen-bond donors (Lipinski definition) is 5. The van der Waals surface area contributed by atoms with Gasteiger partial charge in [0.05, 0.1) is 11.5 Å².